The maximum atomic E-state index is 14.0. The molecule has 0 saturated carbocycles. The average Bonchev–Trinajstić information content (AvgIpc) is 2.66. The number of carbonyl (C=O) groups is 2. The molecule has 1 aromatic carbocycles. The highest BCUT2D eigenvalue weighted by Crippen LogP contribution is 2.23. The maximum Gasteiger partial charge on any atom is 0.242 e. The first-order valence-corrected chi connectivity index (χ1v) is 9.39. The molecule has 7 nitrogen and oxygen atoms in total. The quantitative estimate of drug-likeness (QED) is 0.774. The van der Waals surface area contributed by atoms with Crippen molar-refractivity contribution in [1.82, 2.24) is 15.1 Å². The number of β-amino-alcohol motifs (C(OH)–C–C–N with tert-alkyl or cyclic N) is 1. The molecule has 27 heavy (non-hydrogen) atoms. The topological polar surface area (TPSA) is 76.1 Å². The highest BCUT2D eigenvalue weighted by molar-refractivity contribution is 5.83. The number of halogens is 1. The zero-order valence-electron chi connectivity index (χ0n) is 15.6. The van der Waals surface area contributed by atoms with Crippen LogP contribution in [-0.4, -0.2) is 84.7 Å². The Morgan fingerprint density at radius 1 is 1.19 bits per heavy atom. The predicted octanol–water partition coefficient (Wildman–Crippen LogP) is 0.0456. The number of aliphatic hydroxyl groups excluding tert-OH is 1. The molecule has 3 rings (SSSR count). The van der Waals surface area contributed by atoms with Gasteiger partial charge in [-0.25, -0.2) is 4.39 Å². The van der Waals surface area contributed by atoms with Crippen molar-refractivity contribution < 1.29 is 19.1 Å². The van der Waals surface area contributed by atoms with E-state index < -0.39 is 6.10 Å². The Morgan fingerprint density at radius 2 is 1.89 bits per heavy atom. The number of hydrogen-bond donors (Lipinski definition) is 2. The average molecular weight is 378 g/mol. The van der Waals surface area contributed by atoms with Crippen molar-refractivity contribution in [3.8, 4) is 0 Å². The summed E-state index contributed by atoms with van der Waals surface area (Å²) in [7, 11) is 0. The Kier molecular flexibility index (Phi) is 6.28. The third-order valence-electron chi connectivity index (χ3n) is 5.36. The van der Waals surface area contributed by atoms with Gasteiger partial charge < -0.3 is 20.2 Å². The van der Waals surface area contributed by atoms with Gasteiger partial charge in [0.1, 0.15) is 5.82 Å². The molecular weight excluding hydrogens is 351 g/mol. The monoisotopic (exact) mass is 378 g/mol. The van der Waals surface area contributed by atoms with Gasteiger partial charge >= 0.3 is 0 Å². The van der Waals surface area contributed by atoms with Crippen molar-refractivity contribution in [3.63, 3.8) is 0 Å². The summed E-state index contributed by atoms with van der Waals surface area (Å²) in [5.41, 5.74) is 0.621. The largest absolute Gasteiger partial charge is 0.390 e. The molecule has 0 spiro atoms. The van der Waals surface area contributed by atoms with Gasteiger partial charge in [-0.3, -0.25) is 14.5 Å². The molecule has 2 aliphatic rings. The lowest BCUT2D eigenvalue weighted by molar-refractivity contribution is -0.137. The van der Waals surface area contributed by atoms with Crippen LogP contribution >= 0.6 is 0 Å². The standard InChI is InChI=1S/C19H27FN4O3/c1-14(25)21-12-19(27)24-7-6-17(18(26)13-24)23-10-8-22(9-11-23)16-5-3-2-4-15(16)20/h2-5,17-18,26H,6-13H2,1H3,(H,21,25)/t17-,18-/m1/s1. The molecule has 0 unspecified atom stereocenters. The summed E-state index contributed by atoms with van der Waals surface area (Å²) in [5, 5.41) is 13.0. The molecule has 2 saturated heterocycles. The SMILES string of the molecule is CC(=O)NCC(=O)N1CC[C@@H](N2CCN(c3ccccc3F)CC2)[C@H](O)C1. The number of rotatable bonds is 4. The van der Waals surface area contributed by atoms with Gasteiger partial charge in [-0.05, 0) is 18.6 Å². The van der Waals surface area contributed by atoms with E-state index in [4.69, 9.17) is 0 Å². The zero-order valence-corrected chi connectivity index (χ0v) is 15.6. The smallest absolute Gasteiger partial charge is 0.242 e. The highest BCUT2D eigenvalue weighted by Gasteiger charge is 2.35. The first-order valence-electron chi connectivity index (χ1n) is 9.39. The van der Waals surface area contributed by atoms with Crippen molar-refractivity contribution in [2.24, 2.45) is 0 Å². The molecule has 2 heterocycles. The van der Waals surface area contributed by atoms with Crippen LogP contribution in [0.1, 0.15) is 13.3 Å². The fourth-order valence-corrected chi connectivity index (χ4v) is 3.89. The number of amides is 2. The number of aliphatic hydroxyl groups is 1. The number of para-hydroxylation sites is 1. The summed E-state index contributed by atoms with van der Waals surface area (Å²) in [6.45, 7) is 5.07. The lowest BCUT2D eigenvalue weighted by atomic mass is 9.99. The Hall–Kier alpha value is -2.19. The molecule has 1 aromatic rings. The summed E-state index contributed by atoms with van der Waals surface area (Å²) in [6.07, 6.45) is 0.0622. The van der Waals surface area contributed by atoms with Crippen LogP contribution in [0.5, 0.6) is 0 Å². The van der Waals surface area contributed by atoms with E-state index in [-0.39, 0.29) is 36.8 Å². The molecule has 2 amide bonds. The number of benzene rings is 1. The fourth-order valence-electron chi connectivity index (χ4n) is 3.89. The van der Waals surface area contributed by atoms with E-state index in [2.05, 4.69) is 10.2 Å². The van der Waals surface area contributed by atoms with E-state index >= 15 is 0 Å². The Morgan fingerprint density at radius 3 is 2.52 bits per heavy atom. The van der Waals surface area contributed by atoms with E-state index in [1.807, 2.05) is 11.0 Å². The van der Waals surface area contributed by atoms with Gasteiger partial charge in [0.15, 0.2) is 0 Å². The fraction of sp³-hybridized carbons (Fsp3) is 0.579. The van der Waals surface area contributed by atoms with Crippen molar-refractivity contribution in [3.05, 3.63) is 30.1 Å². The third-order valence-corrected chi connectivity index (χ3v) is 5.36. The summed E-state index contributed by atoms with van der Waals surface area (Å²) in [6, 6.07) is 6.78. The van der Waals surface area contributed by atoms with E-state index in [0.29, 0.717) is 31.7 Å². The van der Waals surface area contributed by atoms with Crippen LogP contribution in [0.15, 0.2) is 24.3 Å². The molecule has 0 aliphatic carbocycles. The number of anilines is 1. The predicted molar refractivity (Wildman–Crippen MR) is 99.9 cm³/mol. The van der Waals surface area contributed by atoms with Gasteiger partial charge in [0.25, 0.3) is 0 Å². The van der Waals surface area contributed by atoms with Crippen LogP contribution in [0.2, 0.25) is 0 Å². The normalized spacial score (nSPS) is 24.0. The number of nitrogens with one attached hydrogen (secondary N) is 1. The number of hydrogen-bond acceptors (Lipinski definition) is 5. The summed E-state index contributed by atoms with van der Waals surface area (Å²) in [4.78, 5) is 28.9. The van der Waals surface area contributed by atoms with Gasteiger partial charge in [-0.2, -0.15) is 0 Å². The van der Waals surface area contributed by atoms with Crippen LogP contribution < -0.4 is 10.2 Å². The molecule has 2 atom stereocenters. The van der Waals surface area contributed by atoms with Gasteiger partial charge in [0, 0.05) is 52.2 Å². The molecule has 2 aliphatic heterocycles. The van der Waals surface area contributed by atoms with E-state index in [1.165, 1.54) is 13.0 Å². The number of nitrogens with zero attached hydrogens (tertiary/aromatic N) is 3. The number of piperazine rings is 1. The molecule has 8 heteroatoms. The number of likely N-dealkylation sites (tertiary alicyclic amines) is 1. The minimum Gasteiger partial charge on any atom is -0.390 e. The second kappa shape index (κ2) is 8.67. The van der Waals surface area contributed by atoms with Crippen LogP contribution in [0.4, 0.5) is 10.1 Å². The van der Waals surface area contributed by atoms with Crippen LogP contribution in [0.3, 0.4) is 0 Å². The Balaban J connectivity index is 1.50. The second-order valence-electron chi connectivity index (χ2n) is 7.15. The zero-order chi connectivity index (χ0) is 19.4. The molecular formula is C19H27FN4O3. The molecule has 148 valence electrons. The van der Waals surface area contributed by atoms with Crippen LogP contribution in [-0.2, 0) is 9.59 Å². The van der Waals surface area contributed by atoms with Gasteiger partial charge in [0.05, 0.1) is 18.3 Å². The maximum absolute atomic E-state index is 14.0. The Bertz CT molecular complexity index is 679. The lowest BCUT2D eigenvalue weighted by Crippen LogP contribution is -2.60. The molecule has 0 aromatic heterocycles. The summed E-state index contributed by atoms with van der Waals surface area (Å²) < 4.78 is 14.0. The van der Waals surface area contributed by atoms with Crippen molar-refractivity contribution >= 4 is 17.5 Å². The van der Waals surface area contributed by atoms with Gasteiger partial charge in [-0.1, -0.05) is 12.1 Å². The van der Waals surface area contributed by atoms with E-state index in [1.54, 1.807) is 17.0 Å². The van der Waals surface area contributed by atoms with Crippen molar-refractivity contribution in [2.75, 3.05) is 50.7 Å². The summed E-state index contributed by atoms with van der Waals surface area (Å²) in [5.74, 6) is -0.629. The van der Waals surface area contributed by atoms with Gasteiger partial charge in [-0.15, -0.1) is 0 Å². The number of carbonyl (C=O) groups excluding carboxylic acids is 2. The molecule has 0 radical (unpaired) electrons. The van der Waals surface area contributed by atoms with Gasteiger partial charge in [0.2, 0.25) is 11.8 Å². The third kappa shape index (κ3) is 4.75. The van der Waals surface area contributed by atoms with E-state index in [0.717, 1.165) is 13.1 Å². The molecule has 2 fully saturated rings. The van der Waals surface area contributed by atoms with Crippen molar-refractivity contribution in [2.45, 2.75) is 25.5 Å². The molecule has 2 N–H and O–H groups in total. The van der Waals surface area contributed by atoms with Crippen LogP contribution in [0, 0.1) is 5.82 Å². The van der Waals surface area contributed by atoms with Crippen molar-refractivity contribution in [1.29, 1.82) is 0 Å². The first kappa shape index (κ1) is 19.6. The molecule has 0 bridgehead atoms. The highest BCUT2D eigenvalue weighted by atomic mass is 19.1. The first-order chi connectivity index (χ1) is 13.0. The minimum atomic E-state index is -0.625. The van der Waals surface area contributed by atoms with E-state index in [9.17, 15) is 19.1 Å². The summed E-state index contributed by atoms with van der Waals surface area (Å²) >= 11 is 0. The second-order valence-corrected chi connectivity index (χ2v) is 7.15. The lowest BCUT2D eigenvalue weighted by Gasteiger charge is -2.45. The minimum absolute atomic E-state index is 0.00223. The Labute approximate surface area is 158 Å². The van der Waals surface area contributed by atoms with Crippen LogP contribution in [0.25, 0.3) is 0 Å². The number of piperidine rings is 1.